The molecule has 0 saturated heterocycles. The van der Waals surface area contributed by atoms with Crippen molar-refractivity contribution in [1.29, 1.82) is 0 Å². The molecule has 1 atom stereocenters. The van der Waals surface area contributed by atoms with Gasteiger partial charge in [-0.25, -0.2) is 4.39 Å². The SMILES string of the molecule is COc1ccc(CC(O)c2cc(F)ccc2N)cc1Br. The Morgan fingerprint density at radius 3 is 2.70 bits per heavy atom. The zero-order valence-corrected chi connectivity index (χ0v) is 12.5. The number of halogens is 2. The van der Waals surface area contributed by atoms with Crippen molar-refractivity contribution in [3.05, 3.63) is 57.8 Å². The highest BCUT2D eigenvalue weighted by molar-refractivity contribution is 9.10. The van der Waals surface area contributed by atoms with Crippen LogP contribution >= 0.6 is 15.9 Å². The average Bonchev–Trinajstić information content (AvgIpc) is 2.41. The first-order valence-corrected chi connectivity index (χ1v) is 6.86. The molecular formula is C15H15BrFNO2. The Hall–Kier alpha value is -1.59. The molecule has 0 fully saturated rings. The van der Waals surface area contributed by atoms with Crippen LogP contribution in [0, 0.1) is 5.82 Å². The van der Waals surface area contributed by atoms with Gasteiger partial charge in [-0.15, -0.1) is 0 Å². The largest absolute Gasteiger partial charge is 0.496 e. The summed E-state index contributed by atoms with van der Waals surface area (Å²) >= 11 is 3.39. The lowest BCUT2D eigenvalue weighted by Gasteiger charge is -2.14. The summed E-state index contributed by atoms with van der Waals surface area (Å²) in [5.74, 6) is 0.303. The maximum Gasteiger partial charge on any atom is 0.133 e. The first-order valence-electron chi connectivity index (χ1n) is 6.06. The highest BCUT2D eigenvalue weighted by atomic mass is 79.9. The van der Waals surface area contributed by atoms with Crippen LogP contribution < -0.4 is 10.5 Å². The second-order valence-corrected chi connectivity index (χ2v) is 5.32. The third-order valence-electron chi connectivity index (χ3n) is 3.05. The van der Waals surface area contributed by atoms with E-state index in [9.17, 15) is 9.50 Å². The number of aliphatic hydroxyl groups excluding tert-OH is 1. The molecule has 20 heavy (non-hydrogen) atoms. The van der Waals surface area contributed by atoms with Crippen LogP contribution in [0.2, 0.25) is 0 Å². The molecule has 0 saturated carbocycles. The van der Waals surface area contributed by atoms with E-state index in [0.29, 0.717) is 23.4 Å². The minimum atomic E-state index is -0.856. The fourth-order valence-corrected chi connectivity index (χ4v) is 2.59. The number of nitrogens with two attached hydrogens (primary N) is 1. The number of anilines is 1. The number of rotatable bonds is 4. The van der Waals surface area contributed by atoms with Crippen LogP contribution in [0.1, 0.15) is 17.2 Å². The lowest BCUT2D eigenvalue weighted by atomic mass is 10.00. The van der Waals surface area contributed by atoms with Crippen LogP contribution in [-0.4, -0.2) is 12.2 Å². The molecular weight excluding hydrogens is 325 g/mol. The van der Waals surface area contributed by atoms with Crippen molar-refractivity contribution in [2.24, 2.45) is 0 Å². The highest BCUT2D eigenvalue weighted by Gasteiger charge is 2.14. The summed E-state index contributed by atoms with van der Waals surface area (Å²) in [4.78, 5) is 0. The molecule has 0 radical (unpaired) electrons. The van der Waals surface area contributed by atoms with Gasteiger partial charge in [0.05, 0.1) is 17.7 Å². The third kappa shape index (κ3) is 3.29. The topological polar surface area (TPSA) is 55.5 Å². The van der Waals surface area contributed by atoms with Crippen LogP contribution in [0.5, 0.6) is 5.75 Å². The minimum Gasteiger partial charge on any atom is -0.496 e. The van der Waals surface area contributed by atoms with Crippen molar-refractivity contribution in [1.82, 2.24) is 0 Å². The number of methoxy groups -OCH3 is 1. The second kappa shape index (κ2) is 6.24. The highest BCUT2D eigenvalue weighted by Crippen LogP contribution is 2.29. The summed E-state index contributed by atoms with van der Waals surface area (Å²) in [6.07, 6.45) is -0.512. The molecule has 2 aromatic carbocycles. The van der Waals surface area contributed by atoms with Gasteiger partial charge in [0.1, 0.15) is 11.6 Å². The van der Waals surface area contributed by atoms with Crippen molar-refractivity contribution < 1.29 is 14.2 Å². The molecule has 0 aliphatic heterocycles. The summed E-state index contributed by atoms with van der Waals surface area (Å²) in [5.41, 5.74) is 7.44. The van der Waals surface area contributed by atoms with Gasteiger partial charge in [-0.1, -0.05) is 6.07 Å². The Bertz CT molecular complexity index is 619. The molecule has 1 unspecified atom stereocenters. The fourth-order valence-electron chi connectivity index (χ4n) is 2.00. The fraction of sp³-hybridized carbons (Fsp3) is 0.200. The Labute approximate surface area is 125 Å². The average molecular weight is 340 g/mol. The molecule has 0 aromatic heterocycles. The molecule has 106 valence electrons. The summed E-state index contributed by atoms with van der Waals surface area (Å²) in [7, 11) is 1.59. The van der Waals surface area contributed by atoms with Gasteiger partial charge < -0.3 is 15.6 Å². The summed E-state index contributed by atoms with van der Waals surface area (Å²) in [6, 6.07) is 9.51. The van der Waals surface area contributed by atoms with Gasteiger partial charge in [0, 0.05) is 17.7 Å². The standard InChI is InChI=1S/C15H15BrFNO2/c1-20-15-5-2-9(6-12(15)16)7-14(19)11-8-10(17)3-4-13(11)18/h2-6,8,14,19H,7,18H2,1H3. The zero-order valence-electron chi connectivity index (χ0n) is 10.9. The number of hydrogen-bond donors (Lipinski definition) is 2. The third-order valence-corrected chi connectivity index (χ3v) is 3.67. The van der Waals surface area contributed by atoms with Crippen molar-refractivity contribution in [2.45, 2.75) is 12.5 Å². The Balaban J connectivity index is 2.21. The quantitative estimate of drug-likeness (QED) is 0.838. The molecule has 0 bridgehead atoms. The van der Waals surface area contributed by atoms with E-state index in [4.69, 9.17) is 10.5 Å². The predicted octanol–water partition coefficient (Wildman–Crippen LogP) is 3.46. The van der Waals surface area contributed by atoms with Crippen LogP contribution in [0.3, 0.4) is 0 Å². The lowest BCUT2D eigenvalue weighted by molar-refractivity contribution is 0.178. The van der Waals surface area contributed by atoms with Crippen molar-refractivity contribution in [3.8, 4) is 5.75 Å². The number of ether oxygens (including phenoxy) is 1. The summed E-state index contributed by atoms with van der Waals surface area (Å²) in [5, 5.41) is 10.2. The number of hydrogen-bond acceptors (Lipinski definition) is 3. The van der Waals surface area contributed by atoms with Gasteiger partial charge in [0.2, 0.25) is 0 Å². The molecule has 2 rings (SSSR count). The number of aliphatic hydroxyl groups is 1. The van der Waals surface area contributed by atoms with Crippen LogP contribution in [0.15, 0.2) is 40.9 Å². The van der Waals surface area contributed by atoms with Gasteiger partial charge in [-0.3, -0.25) is 0 Å². The minimum absolute atomic E-state index is 0.343. The van der Waals surface area contributed by atoms with Gasteiger partial charge >= 0.3 is 0 Å². The van der Waals surface area contributed by atoms with Gasteiger partial charge in [0.25, 0.3) is 0 Å². The Kier molecular flexibility index (Phi) is 4.62. The van der Waals surface area contributed by atoms with E-state index in [2.05, 4.69) is 15.9 Å². The monoisotopic (exact) mass is 339 g/mol. The molecule has 0 aliphatic rings. The second-order valence-electron chi connectivity index (χ2n) is 4.46. The van der Waals surface area contributed by atoms with Crippen molar-refractivity contribution >= 4 is 21.6 Å². The number of benzene rings is 2. The van der Waals surface area contributed by atoms with E-state index < -0.39 is 11.9 Å². The van der Waals surface area contributed by atoms with E-state index in [-0.39, 0.29) is 0 Å². The molecule has 3 N–H and O–H groups in total. The van der Waals surface area contributed by atoms with Gasteiger partial charge in [-0.05, 0) is 51.8 Å². The van der Waals surface area contributed by atoms with E-state index in [1.165, 1.54) is 18.2 Å². The van der Waals surface area contributed by atoms with Gasteiger partial charge in [-0.2, -0.15) is 0 Å². The van der Waals surface area contributed by atoms with E-state index in [0.717, 1.165) is 10.0 Å². The predicted molar refractivity (Wildman–Crippen MR) is 80.2 cm³/mol. The maximum absolute atomic E-state index is 13.2. The van der Waals surface area contributed by atoms with E-state index in [1.807, 2.05) is 12.1 Å². The smallest absolute Gasteiger partial charge is 0.133 e. The van der Waals surface area contributed by atoms with Crippen LogP contribution in [0.25, 0.3) is 0 Å². The van der Waals surface area contributed by atoms with E-state index in [1.54, 1.807) is 13.2 Å². The van der Waals surface area contributed by atoms with E-state index >= 15 is 0 Å². The van der Waals surface area contributed by atoms with Gasteiger partial charge in [0.15, 0.2) is 0 Å². The zero-order chi connectivity index (χ0) is 14.7. The molecule has 5 heteroatoms. The first-order chi connectivity index (χ1) is 9.51. The van der Waals surface area contributed by atoms with Crippen LogP contribution in [0.4, 0.5) is 10.1 Å². The molecule has 2 aromatic rings. The normalized spacial score (nSPS) is 12.2. The molecule has 0 amide bonds. The molecule has 0 aliphatic carbocycles. The Morgan fingerprint density at radius 2 is 2.05 bits per heavy atom. The van der Waals surface area contributed by atoms with Crippen LogP contribution in [-0.2, 0) is 6.42 Å². The molecule has 0 spiro atoms. The Morgan fingerprint density at radius 1 is 1.30 bits per heavy atom. The molecule has 0 heterocycles. The number of nitrogen functional groups attached to an aromatic ring is 1. The molecule has 3 nitrogen and oxygen atoms in total. The lowest BCUT2D eigenvalue weighted by Crippen LogP contribution is -2.06. The first kappa shape index (κ1) is 14.8. The van der Waals surface area contributed by atoms with Crippen molar-refractivity contribution in [2.75, 3.05) is 12.8 Å². The summed E-state index contributed by atoms with van der Waals surface area (Å²) in [6.45, 7) is 0. The maximum atomic E-state index is 13.2. The van der Waals surface area contributed by atoms with Crippen molar-refractivity contribution in [3.63, 3.8) is 0 Å². The summed E-state index contributed by atoms with van der Waals surface area (Å²) < 4.78 is 19.2.